The summed E-state index contributed by atoms with van der Waals surface area (Å²) in [5.74, 6) is -2.40. The second kappa shape index (κ2) is 5.35. The maximum absolute atomic E-state index is 12.7. The van der Waals surface area contributed by atoms with Crippen LogP contribution in [0.15, 0.2) is 0 Å². The molecular formula is C10H11F3N4O2S. The number of rotatable bonds is 4. The topological polar surface area (TPSA) is 69.4 Å². The first-order valence-electron chi connectivity index (χ1n) is 5.84. The highest BCUT2D eigenvalue weighted by Gasteiger charge is 2.39. The number of alkyl halides is 3. The van der Waals surface area contributed by atoms with Crippen molar-refractivity contribution in [2.75, 3.05) is 6.61 Å². The molecule has 0 aliphatic carbocycles. The normalized spacial score (nSPS) is 13.7. The van der Waals surface area contributed by atoms with Crippen LogP contribution in [0.1, 0.15) is 37.0 Å². The van der Waals surface area contributed by atoms with Gasteiger partial charge in [0.1, 0.15) is 10.9 Å². The lowest BCUT2D eigenvalue weighted by Gasteiger charge is -2.09. The molecule has 6 nitrogen and oxygen atoms in total. The van der Waals surface area contributed by atoms with E-state index >= 15 is 0 Å². The molecule has 0 saturated heterocycles. The van der Waals surface area contributed by atoms with Gasteiger partial charge >= 0.3 is 12.1 Å². The van der Waals surface area contributed by atoms with Crippen LogP contribution in [0.2, 0.25) is 0 Å². The Morgan fingerprint density at radius 1 is 1.40 bits per heavy atom. The highest BCUT2D eigenvalue weighted by atomic mass is 32.1. The Kier molecular flexibility index (Phi) is 3.93. The molecule has 0 amide bonds. The Labute approximate surface area is 115 Å². The van der Waals surface area contributed by atoms with Crippen molar-refractivity contribution >= 4 is 22.3 Å². The summed E-state index contributed by atoms with van der Waals surface area (Å²) in [5.41, 5.74) is 0. The van der Waals surface area contributed by atoms with Gasteiger partial charge in [0.2, 0.25) is 4.96 Å². The van der Waals surface area contributed by atoms with Crippen molar-refractivity contribution in [2.24, 2.45) is 0 Å². The van der Waals surface area contributed by atoms with Gasteiger partial charge in [-0.3, -0.25) is 4.79 Å². The molecule has 0 aromatic carbocycles. The number of carbonyl (C=O) groups excluding carboxylic acids is 1. The average molecular weight is 308 g/mol. The minimum Gasteiger partial charge on any atom is -0.465 e. The van der Waals surface area contributed by atoms with Gasteiger partial charge in [-0.15, -0.1) is 10.2 Å². The molecule has 2 heterocycles. The van der Waals surface area contributed by atoms with Crippen LogP contribution in [-0.2, 0) is 15.7 Å². The van der Waals surface area contributed by atoms with Gasteiger partial charge in [-0.2, -0.15) is 22.8 Å². The fourth-order valence-corrected chi connectivity index (χ4v) is 2.64. The van der Waals surface area contributed by atoms with Crippen molar-refractivity contribution < 1.29 is 22.7 Å². The lowest BCUT2D eigenvalue weighted by atomic mass is 10.1. The second-order valence-corrected chi connectivity index (χ2v) is 4.86. The van der Waals surface area contributed by atoms with E-state index in [1.807, 2.05) is 0 Å². The number of hydrogen-bond acceptors (Lipinski definition) is 6. The van der Waals surface area contributed by atoms with E-state index in [0.29, 0.717) is 10.9 Å². The second-order valence-electron chi connectivity index (χ2n) is 3.87. The summed E-state index contributed by atoms with van der Waals surface area (Å²) in [6.45, 7) is 3.59. The van der Waals surface area contributed by atoms with Crippen molar-refractivity contribution in [3.63, 3.8) is 0 Å². The molecule has 0 radical (unpaired) electrons. The van der Waals surface area contributed by atoms with E-state index in [9.17, 15) is 18.0 Å². The fraction of sp³-hybridized carbons (Fsp3) is 0.600. The van der Waals surface area contributed by atoms with Crippen molar-refractivity contribution in [1.82, 2.24) is 19.8 Å². The van der Waals surface area contributed by atoms with Crippen LogP contribution >= 0.6 is 11.3 Å². The third-order valence-electron chi connectivity index (χ3n) is 2.54. The van der Waals surface area contributed by atoms with E-state index in [1.165, 1.54) is 0 Å². The largest absolute Gasteiger partial charge is 0.465 e. The van der Waals surface area contributed by atoms with Gasteiger partial charge in [-0.25, -0.2) is 0 Å². The predicted molar refractivity (Wildman–Crippen MR) is 63.3 cm³/mol. The van der Waals surface area contributed by atoms with Crippen LogP contribution < -0.4 is 0 Å². The molecule has 0 bridgehead atoms. The Bertz CT molecular complexity index is 622. The van der Waals surface area contributed by atoms with Crippen LogP contribution in [0.25, 0.3) is 4.96 Å². The van der Waals surface area contributed by atoms with Gasteiger partial charge in [0.05, 0.1) is 6.61 Å². The monoisotopic (exact) mass is 308 g/mol. The van der Waals surface area contributed by atoms with E-state index in [2.05, 4.69) is 15.3 Å². The molecule has 0 aliphatic heterocycles. The van der Waals surface area contributed by atoms with Crippen LogP contribution in [0.5, 0.6) is 0 Å². The lowest BCUT2D eigenvalue weighted by molar-refractivity contribution is -0.146. The molecule has 20 heavy (non-hydrogen) atoms. The molecule has 2 aromatic heterocycles. The van der Waals surface area contributed by atoms with E-state index in [-0.39, 0.29) is 16.6 Å². The first kappa shape index (κ1) is 14.7. The highest BCUT2D eigenvalue weighted by Crippen LogP contribution is 2.31. The summed E-state index contributed by atoms with van der Waals surface area (Å²) in [6.07, 6.45) is -4.26. The minimum atomic E-state index is -4.64. The number of carbonyl (C=O) groups is 1. The van der Waals surface area contributed by atoms with Crippen molar-refractivity contribution in [2.45, 2.75) is 32.4 Å². The van der Waals surface area contributed by atoms with Gasteiger partial charge in [-0.1, -0.05) is 18.3 Å². The Morgan fingerprint density at radius 3 is 2.65 bits per heavy atom. The Balaban J connectivity index is 2.41. The number of halogens is 3. The SMILES string of the molecule is CCOC(=O)C(CC)c1nn2c(C(F)(F)F)nnc2s1. The summed E-state index contributed by atoms with van der Waals surface area (Å²) in [7, 11) is 0. The van der Waals surface area contributed by atoms with Crippen LogP contribution in [0.3, 0.4) is 0 Å². The van der Waals surface area contributed by atoms with Crippen LogP contribution in [0.4, 0.5) is 13.2 Å². The molecule has 1 atom stereocenters. The maximum Gasteiger partial charge on any atom is 0.453 e. The zero-order valence-electron chi connectivity index (χ0n) is 10.6. The van der Waals surface area contributed by atoms with E-state index in [0.717, 1.165) is 11.3 Å². The molecule has 0 saturated carbocycles. The first-order chi connectivity index (χ1) is 9.38. The smallest absolute Gasteiger partial charge is 0.453 e. The quantitative estimate of drug-likeness (QED) is 0.810. The number of nitrogens with zero attached hydrogens (tertiary/aromatic N) is 4. The Hall–Kier alpha value is -1.71. The number of ether oxygens (including phenoxy) is 1. The summed E-state index contributed by atoms with van der Waals surface area (Å²) in [5, 5.41) is 10.5. The van der Waals surface area contributed by atoms with Crippen LogP contribution in [-0.4, -0.2) is 32.4 Å². The maximum atomic E-state index is 12.7. The molecule has 110 valence electrons. The minimum absolute atomic E-state index is 0.00456. The van der Waals surface area contributed by atoms with Gasteiger partial charge in [0.25, 0.3) is 5.82 Å². The molecule has 1 unspecified atom stereocenters. The average Bonchev–Trinajstić information content (AvgIpc) is 2.88. The van der Waals surface area contributed by atoms with E-state index < -0.39 is 23.9 Å². The zero-order chi connectivity index (χ0) is 14.9. The first-order valence-corrected chi connectivity index (χ1v) is 6.66. The number of hydrogen-bond donors (Lipinski definition) is 0. The summed E-state index contributed by atoms with van der Waals surface area (Å²) < 4.78 is 43.5. The zero-order valence-corrected chi connectivity index (χ0v) is 11.5. The highest BCUT2D eigenvalue weighted by molar-refractivity contribution is 7.16. The van der Waals surface area contributed by atoms with Gasteiger partial charge < -0.3 is 4.74 Å². The van der Waals surface area contributed by atoms with Crippen molar-refractivity contribution in [3.05, 3.63) is 10.8 Å². The van der Waals surface area contributed by atoms with Gasteiger partial charge in [-0.05, 0) is 13.3 Å². The lowest BCUT2D eigenvalue weighted by Crippen LogP contribution is -2.16. The van der Waals surface area contributed by atoms with E-state index in [4.69, 9.17) is 4.74 Å². The standard InChI is InChI=1S/C10H11F3N4O2S/c1-3-5(7(18)19-4-2)6-16-17-8(10(11,12)13)14-15-9(17)20-6/h5H,3-4H2,1-2H3. The molecule has 2 rings (SSSR count). The van der Waals surface area contributed by atoms with Crippen LogP contribution in [0, 0.1) is 0 Å². The third kappa shape index (κ3) is 2.60. The molecule has 2 aromatic rings. The molecule has 10 heteroatoms. The summed E-state index contributed by atoms with van der Waals surface area (Å²) >= 11 is 0.898. The number of fused-ring (bicyclic) bond motifs is 1. The third-order valence-corrected chi connectivity index (χ3v) is 3.55. The molecular weight excluding hydrogens is 297 g/mol. The summed E-state index contributed by atoms with van der Waals surface area (Å²) in [6, 6.07) is 0. The number of esters is 1. The molecule has 0 fully saturated rings. The van der Waals surface area contributed by atoms with Crippen molar-refractivity contribution in [1.29, 1.82) is 0 Å². The fourth-order valence-electron chi connectivity index (χ4n) is 1.63. The Morgan fingerprint density at radius 2 is 2.10 bits per heavy atom. The van der Waals surface area contributed by atoms with E-state index in [1.54, 1.807) is 13.8 Å². The molecule has 0 aliphatic rings. The van der Waals surface area contributed by atoms with Gasteiger partial charge in [0, 0.05) is 0 Å². The molecule has 0 spiro atoms. The summed E-state index contributed by atoms with van der Waals surface area (Å²) in [4.78, 5) is 11.7. The predicted octanol–water partition coefficient (Wildman–Crippen LogP) is 2.26. The van der Waals surface area contributed by atoms with Gasteiger partial charge in [0.15, 0.2) is 0 Å². The number of aromatic nitrogens is 4. The van der Waals surface area contributed by atoms with Crippen molar-refractivity contribution in [3.8, 4) is 0 Å². The molecule has 0 N–H and O–H groups in total.